The van der Waals surface area contributed by atoms with Crippen LogP contribution in [0.1, 0.15) is 43.4 Å². The zero-order valence-electron chi connectivity index (χ0n) is 13.7. The standard InChI is InChI=1S/C20H23N3S/c24-20(22-18-9-2-1-3-10-18)23-19-11-6-7-16(15-19)12-13-17-8-4-5-14-21-17/h4-8,11-15,18H,1-3,9-10H2,(H2,22,23,24)/b13-12+. The van der Waals surface area contributed by atoms with E-state index in [1.807, 2.05) is 36.4 Å². The molecule has 1 aliphatic carbocycles. The van der Waals surface area contributed by atoms with Gasteiger partial charge in [0, 0.05) is 17.9 Å². The highest BCUT2D eigenvalue weighted by Crippen LogP contribution is 2.18. The molecule has 0 radical (unpaired) electrons. The van der Waals surface area contributed by atoms with Gasteiger partial charge in [0.05, 0.1) is 5.69 Å². The Hall–Kier alpha value is -2.20. The number of benzene rings is 1. The summed E-state index contributed by atoms with van der Waals surface area (Å²) in [5.74, 6) is 0. The Morgan fingerprint density at radius 2 is 1.92 bits per heavy atom. The molecule has 1 saturated carbocycles. The molecular formula is C20H23N3S. The first-order chi connectivity index (χ1) is 11.8. The molecule has 124 valence electrons. The second-order valence-corrected chi connectivity index (χ2v) is 6.56. The maximum Gasteiger partial charge on any atom is 0.170 e. The van der Waals surface area contributed by atoms with Crippen molar-refractivity contribution in [1.82, 2.24) is 10.3 Å². The average Bonchev–Trinajstić information content (AvgIpc) is 2.62. The average molecular weight is 337 g/mol. The van der Waals surface area contributed by atoms with Gasteiger partial charge in [0.2, 0.25) is 0 Å². The zero-order chi connectivity index (χ0) is 16.6. The summed E-state index contributed by atoms with van der Waals surface area (Å²) in [5.41, 5.74) is 3.07. The van der Waals surface area contributed by atoms with Crippen LogP contribution in [0.4, 0.5) is 5.69 Å². The molecule has 1 aromatic carbocycles. The fourth-order valence-electron chi connectivity index (χ4n) is 2.98. The molecule has 1 aromatic heterocycles. The first-order valence-corrected chi connectivity index (χ1v) is 8.97. The van der Waals surface area contributed by atoms with Crippen molar-refractivity contribution in [3.8, 4) is 0 Å². The van der Waals surface area contributed by atoms with E-state index in [1.165, 1.54) is 32.1 Å². The number of anilines is 1. The molecule has 3 nitrogen and oxygen atoms in total. The molecule has 0 aliphatic heterocycles. The third kappa shape index (κ3) is 5.17. The second kappa shape index (κ2) is 8.60. The van der Waals surface area contributed by atoms with Crippen molar-refractivity contribution in [2.45, 2.75) is 38.1 Å². The van der Waals surface area contributed by atoms with Crippen molar-refractivity contribution in [1.29, 1.82) is 0 Å². The van der Waals surface area contributed by atoms with Gasteiger partial charge in [-0.15, -0.1) is 0 Å². The lowest BCUT2D eigenvalue weighted by Crippen LogP contribution is -2.38. The predicted molar refractivity (Wildman–Crippen MR) is 106 cm³/mol. The van der Waals surface area contributed by atoms with Crippen LogP contribution < -0.4 is 10.6 Å². The van der Waals surface area contributed by atoms with E-state index in [0.717, 1.165) is 16.9 Å². The zero-order valence-corrected chi connectivity index (χ0v) is 14.6. The summed E-state index contributed by atoms with van der Waals surface area (Å²) in [6.45, 7) is 0. The van der Waals surface area contributed by atoms with Crippen molar-refractivity contribution < 1.29 is 0 Å². The number of nitrogens with zero attached hydrogens (tertiary/aromatic N) is 1. The van der Waals surface area contributed by atoms with Crippen LogP contribution in [0.15, 0.2) is 48.7 Å². The van der Waals surface area contributed by atoms with Gasteiger partial charge in [0.15, 0.2) is 5.11 Å². The lowest BCUT2D eigenvalue weighted by atomic mass is 9.96. The van der Waals surface area contributed by atoms with E-state index in [-0.39, 0.29) is 0 Å². The summed E-state index contributed by atoms with van der Waals surface area (Å²) in [4.78, 5) is 4.30. The third-order valence-corrected chi connectivity index (χ3v) is 4.44. The SMILES string of the molecule is S=C(Nc1cccc(/C=C/c2ccccn2)c1)NC1CCCCC1. The molecule has 1 fully saturated rings. The molecule has 2 N–H and O–H groups in total. The molecule has 0 atom stereocenters. The van der Waals surface area contributed by atoms with Crippen LogP contribution >= 0.6 is 12.2 Å². The van der Waals surface area contributed by atoms with Crippen LogP contribution in [0.3, 0.4) is 0 Å². The topological polar surface area (TPSA) is 37.0 Å². The van der Waals surface area contributed by atoms with Crippen LogP contribution in [0.2, 0.25) is 0 Å². The van der Waals surface area contributed by atoms with E-state index in [2.05, 4.69) is 33.8 Å². The van der Waals surface area contributed by atoms with Crippen molar-refractivity contribution in [2.24, 2.45) is 0 Å². The Bertz CT molecular complexity index is 691. The summed E-state index contributed by atoms with van der Waals surface area (Å²) < 4.78 is 0. The van der Waals surface area contributed by atoms with Crippen LogP contribution in [0.25, 0.3) is 12.2 Å². The molecule has 2 aromatic rings. The van der Waals surface area contributed by atoms with Crippen LogP contribution in [0, 0.1) is 0 Å². The lowest BCUT2D eigenvalue weighted by Gasteiger charge is -2.24. The van der Waals surface area contributed by atoms with E-state index in [0.29, 0.717) is 11.2 Å². The predicted octanol–water partition coefficient (Wildman–Crippen LogP) is 4.87. The molecule has 24 heavy (non-hydrogen) atoms. The van der Waals surface area contributed by atoms with Crippen LogP contribution in [-0.2, 0) is 0 Å². The molecule has 0 saturated heterocycles. The van der Waals surface area contributed by atoms with Crippen molar-refractivity contribution in [3.05, 3.63) is 59.9 Å². The Kier molecular flexibility index (Phi) is 5.96. The van der Waals surface area contributed by atoms with Crippen molar-refractivity contribution in [2.75, 3.05) is 5.32 Å². The minimum Gasteiger partial charge on any atom is -0.360 e. The minimum atomic E-state index is 0.519. The first kappa shape index (κ1) is 16.7. The second-order valence-electron chi connectivity index (χ2n) is 6.15. The monoisotopic (exact) mass is 337 g/mol. The Morgan fingerprint density at radius 1 is 1.04 bits per heavy atom. The highest BCUT2D eigenvalue weighted by Gasteiger charge is 2.13. The molecule has 1 aliphatic rings. The molecular weight excluding hydrogens is 314 g/mol. The summed E-state index contributed by atoms with van der Waals surface area (Å²) in [6, 6.07) is 14.6. The summed E-state index contributed by atoms with van der Waals surface area (Å²) in [5, 5.41) is 7.45. The highest BCUT2D eigenvalue weighted by atomic mass is 32.1. The van der Waals surface area contributed by atoms with E-state index < -0.39 is 0 Å². The molecule has 4 heteroatoms. The van der Waals surface area contributed by atoms with Gasteiger partial charge >= 0.3 is 0 Å². The van der Waals surface area contributed by atoms with E-state index in [4.69, 9.17) is 12.2 Å². The van der Waals surface area contributed by atoms with E-state index in [9.17, 15) is 0 Å². The molecule has 3 rings (SSSR count). The maximum atomic E-state index is 5.45. The lowest BCUT2D eigenvalue weighted by molar-refractivity contribution is 0.415. The Morgan fingerprint density at radius 3 is 2.71 bits per heavy atom. The fraction of sp³-hybridized carbons (Fsp3) is 0.300. The molecule has 0 bridgehead atoms. The van der Waals surface area contributed by atoms with Gasteiger partial charge in [-0.3, -0.25) is 4.98 Å². The molecule has 0 unspecified atom stereocenters. The largest absolute Gasteiger partial charge is 0.360 e. The first-order valence-electron chi connectivity index (χ1n) is 8.56. The number of thiocarbonyl (C=S) groups is 1. The van der Waals surface area contributed by atoms with Gasteiger partial charge in [-0.1, -0.05) is 43.5 Å². The quantitative estimate of drug-likeness (QED) is 0.780. The van der Waals surface area contributed by atoms with Crippen LogP contribution in [-0.4, -0.2) is 16.1 Å². The van der Waals surface area contributed by atoms with Gasteiger partial charge in [-0.2, -0.15) is 0 Å². The van der Waals surface area contributed by atoms with Crippen molar-refractivity contribution in [3.63, 3.8) is 0 Å². The number of pyridine rings is 1. The normalized spacial score (nSPS) is 15.3. The summed E-state index contributed by atoms with van der Waals surface area (Å²) in [7, 11) is 0. The number of nitrogens with one attached hydrogen (secondary N) is 2. The molecule has 0 amide bonds. The number of aromatic nitrogens is 1. The van der Waals surface area contributed by atoms with Crippen LogP contribution in [0.5, 0.6) is 0 Å². The number of hydrogen-bond donors (Lipinski definition) is 2. The van der Waals surface area contributed by atoms with Gasteiger partial charge in [0.25, 0.3) is 0 Å². The molecule has 0 spiro atoms. The maximum absolute atomic E-state index is 5.45. The van der Waals surface area contributed by atoms with Gasteiger partial charge in [0.1, 0.15) is 0 Å². The van der Waals surface area contributed by atoms with E-state index >= 15 is 0 Å². The Labute approximate surface area is 149 Å². The number of rotatable bonds is 4. The van der Waals surface area contributed by atoms with Crippen molar-refractivity contribution >= 4 is 35.2 Å². The fourth-order valence-corrected chi connectivity index (χ4v) is 3.26. The highest BCUT2D eigenvalue weighted by molar-refractivity contribution is 7.80. The summed E-state index contributed by atoms with van der Waals surface area (Å²) in [6.07, 6.45) is 12.3. The molecule has 1 heterocycles. The van der Waals surface area contributed by atoms with Gasteiger partial charge < -0.3 is 10.6 Å². The smallest absolute Gasteiger partial charge is 0.170 e. The minimum absolute atomic E-state index is 0.519. The number of hydrogen-bond acceptors (Lipinski definition) is 2. The van der Waals surface area contributed by atoms with Gasteiger partial charge in [-0.25, -0.2) is 0 Å². The summed E-state index contributed by atoms with van der Waals surface area (Å²) >= 11 is 5.45. The third-order valence-electron chi connectivity index (χ3n) is 4.22. The van der Waals surface area contributed by atoms with Gasteiger partial charge in [-0.05, 0) is 61.0 Å². The Balaban J connectivity index is 1.58. The van der Waals surface area contributed by atoms with E-state index in [1.54, 1.807) is 6.20 Å².